The number of amides is 1. The molecule has 16 heavy (non-hydrogen) atoms. The number of fused-ring (bicyclic) bond motifs is 1. The number of nitrogens with one attached hydrogen (secondary N) is 2. The summed E-state index contributed by atoms with van der Waals surface area (Å²) in [5.74, 6) is -1.01. The molecule has 0 aliphatic heterocycles. The smallest absolute Gasteiger partial charge is 0.278 e. The number of anilines is 1. The Balaban J connectivity index is 2.65. The van der Waals surface area contributed by atoms with Gasteiger partial charge < -0.3 is 0 Å². The molecular formula is C9H7FN4O2. The van der Waals surface area contributed by atoms with Gasteiger partial charge in [0, 0.05) is 13.0 Å². The quantitative estimate of drug-likeness (QED) is 0.731. The molecule has 82 valence electrons. The minimum Gasteiger partial charge on any atom is -0.296 e. The molecule has 2 rings (SSSR count). The minimum atomic E-state index is -0.598. The third kappa shape index (κ3) is 1.88. The van der Waals surface area contributed by atoms with Gasteiger partial charge >= 0.3 is 0 Å². The van der Waals surface area contributed by atoms with Crippen LogP contribution in [-0.4, -0.2) is 20.9 Å². The van der Waals surface area contributed by atoms with Crippen LogP contribution in [0.1, 0.15) is 6.92 Å². The predicted molar refractivity (Wildman–Crippen MR) is 54.4 cm³/mol. The van der Waals surface area contributed by atoms with Crippen molar-refractivity contribution in [2.24, 2.45) is 0 Å². The van der Waals surface area contributed by atoms with Crippen LogP contribution >= 0.6 is 0 Å². The van der Waals surface area contributed by atoms with Gasteiger partial charge in [0.25, 0.3) is 5.56 Å². The van der Waals surface area contributed by atoms with Gasteiger partial charge in [-0.2, -0.15) is 0 Å². The Labute approximate surface area is 88.5 Å². The molecule has 0 spiro atoms. The fourth-order valence-corrected chi connectivity index (χ4v) is 1.23. The SMILES string of the molecule is CC(=O)Nc1nc2cc(F)cnc2c(=O)[nH]1. The highest BCUT2D eigenvalue weighted by Gasteiger charge is 2.06. The van der Waals surface area contributed by atoms with Crippen molar-refractivity contribution in [3.05, 3.63) is 28.4 Å². The lowest BCUT2D eigenvalue weighted by Gasteiger charge is -2.01. The van der Waals surface area contributed by atoms with Crippen molar-refractivity contribution in [2.75, 3.05) is 5.32 Å². The molecule has 0 bridgehead atoms. The summed E-state index contributed by atoms with van der Waals surface area (Å²) < 4.78 is 12.9. The summed E-state index contributed by atoms with van der Waals surface area (Å²) in [5, 5.41) is 2.30. The maximum absolute atomic E-state index is 12.9. The van der Waals surface area contributed by atoms with Crippen molar-refractivity contribution in [2.45, 2.75) is 6.92 Å². The summed E-state index contributed by atoms with van der Waals surface area (Å²) in [6.45, 7) is 1.27. The first kappa shape index (κ1) is 10.2. The molecule has 0 radical (unpaired) electrons. The Morgan fingerprint density at radius 3 is 3.00 bits per heavy atom. The standard InChI is InChI=1S/C9H7FN4O2/c1-4(15)12-9-13-6-2-5(10)3-11-7(6)8(16)14-9/h2-3H,1H3,(H2,12,13,14,15,16). The molecule has 0 saturated heterocycles. The monoisotopic (exact) mass is 222 g/mol. The zero-order chi connectivity index (χ0) is 11.7. The van der Waals surface area contributed by atoms with Crippen molar-refractivity contribution >= 4 is 22.9 Å². The number of aromatic nitrogens is 3. The van der Waals surface area contributed by atoms with Crippen molar-refractivity contribution in [1.82, 2.24) is 15.0 Å². The third-order valence-corrected chi connectivity index (χ3v) is 1.81. The zero-order valence-corrected chi connectivity index (χ0v) is 8.24. The molecule has 0 saturated carbocycles. The summed E-state index contributed by atoms with van der Waals surface area (Å²) in [6, 6.07) is 1.07. The molecule has 0 unspecified atom stereocenters. The molecular weight excluding hydrogens is 215 g/mol. The van der Waals surface area contributed by atoms with Crippen LogP contribution in [0.3, 0.4) is 0 Å². The van der Waals surface area contributed by atoms with E-state index >= 15 is 0 Å². The van der Waals surface area contributed by atoms with Gasteiger partial charge in [-0.05, 0) is 0 Å². The van der Waals surface area contributed by atoms with E-state index in [0.717, 1.165) is 12.3 Å². The maximum Gasteiger partial charge on any atom is 0.278 e. The number of aromatic amines is 1. The minimum absolute atomic E-state index is 0.0236. The highest BCUT2D eigenvalue weighted by Crippen LogP contribution is 2.07. The van der Waals surface area contributed by atoms with E-state index in [0.29, 0.717) is 0 Å². The lowest BCUT2D eigenvalue weighted by Crippen LogP contribution is -2.16. The Morgan fingerprint density at radius 1 is 1.56 bits per heavy atom. The molecule has 0 atom stereocenters. The van der Waals surface area contributed by atoms with E-state index in [9.17, 15) is 14.0 Å². The van der Waals surface area contributed by atoms with Crippen LogP contribution in [-0.2, 0) is 4.79 Å². The fourth-order valence-electron chi connectivity index (χ4n) is 1.23. The average molecular weight is 222 g/mol. The van der Waals surface area contributed by atoms with E-state index < -0.39 is 11.4 Å². The number of nitrogens with zero attached hydrogens (tertiary/aromatic N) is 2. The molecule has 1 amide bonds. The number of carbonyl (C=O) groups excluding carboxylic acids is 1. The van der Waals surface area contributed by atoms with Gasteiger partial charge in [0.15, 0.2) is 5.52 Å². The maximum atomic E-state index is 12.9. The first-order valence-electron chi connectivity index (χ1n) is 4.39. The van der Waals surface area contributed by atoms with Gasteiger partial charge in [-0.3, -0.25) is 19.9 Å². The van der Waals surface area contributed by atoms with Gasteiger partial charge in [0.2, 0.25) is 11.9 Å². The molecule has 0 aromatic carbocycles. The number of hydrogen-bond acceptors (Lipinski definition) is 4. The molecule has 0 aliphatic carbocycles. The number of pyridine rings is 1. The van der Waals surface area contributed by atoms with E-state index in [1.807, 2.05) is 0 Å². The number of H-pyrrole nitrogens is 1. The Hall–Kier alpha value is -2.31. The Kier molecular flexibility index (Phi) is 2.35. The van der Waals surface area contributed by atoms with E-state index in [4.69, 9.17) is 0 Å². The van der Waals surface area contributed by atoms with Crippen LogP contribution in [0.15, 0.2) is 17.1 Å². The summed E-state index contributed by atoms with van der Waals surface area (Å²) in [6.07, 6.45) is 0.928. The summed E-state index contributed by atoms with van der Waals surface area (Å²) in [5.41, 5.74) is -0.420. The molecule has 0 fully saturated rings. The molecule has 6 nitrogen and oxygen atoms in total. The van der Waals surface area contributed by atoms with E-state index in [2.05, 4.69) is 20.3 Å². The molecule has 2 N–H and O–H groups in total. The van der Waals surface area contributed by atoms with E-state index in [-0.39, 0.29) is 22.9 Å². The summed E-state index contributed by atoms with van der Waals surface area (Å²) in [4.78, 5) is 32.0. The number of carbonyl (C=O) groups is 1. The third-order valence-electron chi connectivity index (χ3n) is 1.81. The summed E-state index contributed by atoms with van der Waals surface area (Å²) in [7, 11) is 0. The zero-order valence-electron chi connectivity index (χ0n) is 8.24. The first-order chi connectivity index (χ1) is 7.56. The molecule has 2 aromatic heterocycles. The predicted octanol–water partition coefficient (Wildman–Crippen LogP) is 0.416. The van der Waals surface area contributed by atoms with Gasteiger partial charge in [0.1, 0.15) is 11.3 Å². The molecule has 0 aliphatic rings. The van der Waals surface area contributed by atoms with E-state index in [1.54, 1.807) is 0 Å². The van der Waals surface area contributed by atoms with Crippen molar-refractivity contribution in [1.29, 1.82) is 0 Å². The highest BCUT2D eigenvalue weighted by atomic mass is 19.1. The van der Waals surface area contributed by atoms with Crippen LogP contribution in [0.2, 0.25) is 0 Å². The second-order valence-electron chi connectivity index (χ2n) is 3.12. The molecule has 2 heterocycles. The summed E-state index contributed by atoms with van der Waals surface area (Å²) >= 11 is 0. The van der Waals surface area contributed by atoms with Crippen LogP contribution in [0.4, 0.5) is 10.3 Å². The van der Waals surface area contributed by atoms with Crippen molar-refractivity contribution < 1.29 is 9.18 Å². The van der Waals surface area contributed by atoms with Gasteiger partial charge in [-0.25, -0.2) is 14.4 Å². The van der Waals surface area contributed by atoms with E-state index in [1.165, 1.54) is 6.92 Å². The molecule has 2 aromatic rings. The molecule has 7 heteroatoms. The largest absolute Gasteiger partial charge is 0.296 e. The van der Waals surface area contributed by atoms with Crippen LogP contribution in [0.5, 0.6) is 0 Å². The number of hydrogen-bond donors (Lipinski definition) is 2. The topological polar surface area (TPSA) is 87.7 Å². The average Bonchev–Trinajstić information content (AvgIpc) is 2.15. The number of halogens is 1. The second-order valence-corrected chi connectivity index (χ2v) is 3.12. The van der Waals surface area contributed by atoms with Crippen molar-refractivity contribution in [3.8, 4) is 0 Å². The van der Waals surface area contributed by atoms with Gasteiger partial charge in [-0.1, -0.05) is 0 Å². The first-order valence-corrected chi connectivity index (χ1v) is 4.39. The Bertz CT molecular complexity index is 622. The fraction of sp³-hybridized carbons (Fsp3) is 0.111. The lowest BCUT2D eigenvalue weighted by molar-refractivity contribution is -0.114. The normalized spacial score (nSPS) is 10.4. The highest BCUT2D eigenvalue weighted by molar-refractivity contribution is 5.87. The lowest BCUT2D eigenvalue weighted by atomic mass is 10.3. The Morgan fingerprint density at radius 2 is 2.31 bits per heavy atom. The van der Waals surface area contributed by atoms with Crippen LogP contribution in [0.25, 0.3) is 11.0 Å². The van der Waals surface area contributed by atoms with Crippen LogP contribution < -0.4 is 10.9 Å². The van der Waals surface area contributed by atoms with Gasteiger partial charge in [-0.15, -0.1) is 0 Å². The number of rotatable bonds is 1. The van der Waals surface area contributed by atoms with Crippen LogP contribution in [0, 0.1) is 5.82 Å². The van der Waals surface area contributed by atoms with Crippen molar-refractivity contribution in [3.63, 3.8) is 0 Å². The van der Waals surface area contributed by atoms with Gasteiger partial charge in [0.05, 0.1) is 6.20 Å². The second kappa shape index (κ2) is 3.69.